The lowest BCUT2D eigenvalue weighted by Crippen LogP contribution is -2.36. The van der Waals surface area contributed by atoms with Gasteiger partial charge in [0.1, 0.15) is 0 Å². The Bertz CT molecular complexity index is 1490. The standard InChI is InChI=1S/C32H39N5O4/c1-6-41-32(38)28-21-27(23-10-12-24(13-11-23)36-15-18-40-19-16-36)29-30(22(2)3)34-37(31(29)33-28)26-9-7-8-25(20-26)35(4)14-17-39-5/h7-13,20-22H,6,14-19H2,1-5H3. The number of likely N-dealkylation sites (N-methyl/N-ethyl adjacent to an activating group) is 1. The van der Waals surface area contributed by atoms with Gasteiger partial charge in [-0.25, -0.2) is 14.5 Å². The highest BCUT2D eigenvalue weighted by molar-refractivity contribution is 6.00. The van der Waals surface area contributed by atoms with Crippen molar-refractivity contribution >= 4 is 28.4 Å². The maximum absolute atomic E-state index is 13.0. The Balaban J connectivity index is 1.67. The zero-order valence-electron chi connectivity index (χ0n) is 24.6. The molecule has 0 spiro atoms. The second kappa shape index (κ2) is 12.7. The molecule has 0 unspecified atom stereocenters. The molecule has 9 heteroatoms. The third-order valence-electron chi connectivity index (χ3n) is 7.40. The van der Waals surface area contributed by atoms with Crippen LogP contribution in [-0.2, 0) is 14.2 Å². The highest BCUT2D eigenvalue weighted by Crippen LogP contribution is 2.36. The summed E-state index contributed by atoms with van der Waals surface area (Å²) in [5.41, 5.74) is 6.78. The number of aromatic nitrogens is 3. The number of pyridine rings is 1. The summed E-state index contributed by atoms with van der Waals surface area (Å²) in [5.74, 6) is -0.319. The lowest BCUT2D eigenvalue weighted by Gasteiger charge is -2.29. The van der Waals surface area contributed by atoms with Gasteiger partial charge in [-0.15, -0.1) is 0 Å². The Morgan fingerprint density at radius 1 is 1.07 bits per heavy atom. The minimum Gasteiger partial charge on any atom is -0.461 e. The fraction of sp³-hybridized carbons (Fsp3) is 0.406. The fourth-order valence-electron chi connectivity index (χ4n) is 5.16. The number of esters is 1. The molecule has 0 amide bonds. The zero-order chi connectivity index (χ0) is 28.9. The van der Waals surface area contributed by atoms with E-state index < -0.39 is 5.97 Å². The molecule has 5 rings (SSSR count). The van der Waals surface area contributed by atoms with E-state index in [1.54, 1.807) is 14.0 Å². The number of morpholine rings is 1. The van der Waals surface area contributed by atoms with Crippen LogP contribution in [0.2, 0.25) is 0 Å². The van der Waals surface area contributed by atoms with Crippen LogP contribution in [0.25, 0.3) is 27.8 Å². The SMILES string of the molecule is CCOC(=O)c1cc(-c2ccc(N3CCOCC3)cc2)c2c(C(C)C)nn(-c3cccc(N(C)CCOC)c3)c2n1. The summed E-state index contributed by atoms with van der Waals surface area (Å²) in [6.07, 6.45) is 0. The molecule has 3 heterocycles. The van der Waals surface area contributed by atoms with Crippen molar-refractivity contribution in [1.29, 1.82) is 0 Å². The number of methoxy groups -OCH3 is 1. The molecule has 41 heavy (non-hydrogen) atoms. The van der Waals surface area contributed by atoms with Gasteiger partial charge in [0.05, 0.1) is 43.2 Å². The quantitative estimate of drug-likeness (QED) is 0.243. The van der Waals surface area contributed by atoms with Crippen molar-refractivity contribution in [2.75, 3.05) is 70.0 Å². The number of hydrogen-bond donors (Lipinski definition) is 0. The average Bonchev–Trinajstić information content (AvgIpc) is 3.40. The number of benzene rings is 2. The Labute approximate surface area is 241 Å². The summed E-state index contributed by atoms with van der Waals surface area (Å²) < 4.78 is 18.0. The van der Waals surface area contributed by atoms with Gasteiger partial charge in [0, 0.05) is 45.2 Å². The highest BCUT2D eigenvalue weighted by Gasteiger charge is 2.24. The number of nitrogens with zero attached hydrogens (tertiary/aromatic N) is 5. The predicted molar refractivity (Wildman–Crippen MR) is 163 cm³/mol. The van der Waals surface area contributed by atoms with Gasteiger partial charge in [-0.2, -0.15) is 5.10 Å². The van der Waals surface area contributed by atoms with Gasteiger partial charge in [0.25, 0.3) is 0 Å². The lowest BCUT2D eigenvalue weighted by atomic mass is 9.97. The third kappa shape index (κ3) is 6.06. The van der Waals surface area contributed by atoms with E-state index in [0.717, 1.165) is 72.1 Å². The van der Waals surface area contributed by atoms with Crippen molar-refractivity contribution in [2.45, 2.75) is 26.7 Å². The van der Waals surface area contributed by atoms with E-state index in [2.05, 4.69) is 60.0 Å². The molecule has 0 N–H and O–H groups in total. The molecule has 0 aliphatic carbocycles. The third-order valence-corrected chi connectivity index (χ3v) is 7.40. The Kier molecular flexibility index (Phi) is 8.85. The van der Waals surface area contributed by atoms with Crippen LogP contribution in [0.4, 0.5) is 11.4 Å². The monoisotopic (exact) mass is 557 g/mol. The van der Waals surface area contributed by atoms with E-state index in [1.165, 1.54) is 0 Å². The van der Waals surface area contributed by atoms with Gasteiger partial charge in [0.2, 0.25) is 0 Å². The fourth-order valence-corrected chi connectivity index (χ4v) is 5.16. The molecular weight excluding hydrogens is 518 g/mol. The van der Waals surface area contributed by atoms with Gasteiger partial charge >= 0.3 is 5.97 Å². The molecule has 0 radical (unpaired) electrons. The number of carbonyl (C=O) groups is 1. The molecule has 2 aromatic carbocycles. The second-order valence-electron chi connectivity index (χ2n) is 10.5. The first kappa shape index (κ1) is 28.6. The molecular formula is C32H39N5O4. The first-order chi connectivity index (χ1) is 19.9. The van der Waals surface area contributed by atoms with Gasteiger partial charge in [-0.1, -0.05) is 32.0 Å². The van der Waals surface area contributed by atoms with Crippen LogP contribution in [0.3, 0.4) is 0 Å². The Morgan fingerprint density at radius 2 is 1.83 bits per heavy atom. The summed E-state index contributed by atoms with van der Waals surface area (Å²) >= 11 is 0. The molecule has 1 fully saturated rings. The molecule has 2 aromatic heterocycles. The normalized spacial score (nSPS) is 13.7. The maximum atomic E-state index is 13.0. The van der Waals surface area contributed by atoms with Crippen molar-refractivity contribution in [3.8, 4) is 16.8 Å². The lowest BCUT2D eigenvalue weighted by molar-refractivity contribution is 0.0520. The first-order valence-corrected chi connectivity index (χ1v) is 14.3. The Hall–Kier alpha value is -3.95. The summed E-state index contributed by atoms with van der Waals surface area (Å²) in [6, 6.07) is 18.5. The van der Waals surface area contributed by atoms with Crippen molar-refractivity contribution in [3.63, 3.8) is 0 Å². The van der Waals surface area contributed by atoms with Gasteiger partial charge in [-0.05, 0) is 60.4 Å². The summed E-state index contributed by atoms with van der Waals surface area (Å²) in [5, 5.41) is 6.02. The van der Waals surface area contributed by atoms with E-state index in [9.17, 15) is 4.79 Å². The van der Waals surface area contributed by atoms with Crippen LogP contribution in [0.1, 0.15) is 42.9 Å². The van der Waals surface area contributed by atoms with E-state index >= 15 is 0 Å². The number of fused-ring (bicyclic) bond motifs is 1. The van der Waals surface area contributed by atoms with Crippen molar-refractivity contribution < 1.29 is 19.0 Å². The molecule has 0 saturated carbocycles. The molecule has 0 atom stereocenters. The maximum Gasteiger partial charge on any atom is 0.357 e. The molecule has 216 valence electrons. The highest BCUT2D eigenvalue weighted by atomic mass is 16.5. The smallest absolute Gasteiger partial charge is 0.357 e. The summed E-state index contributed by atoms with van der Waals surface area (Å²) in [4.78, 5) is 22.3. The van der Waals surface area contributed by atoms with E-state index in [-0.39, 0.29) is 18.2 Å². The van der Waals surface area contributed by atoms with Gasteiger partial charge in [-0.3, -0.25) is 0 Å². The predicted octanol–water partition coefficient (Wildman–Crippen LogP) is 5.31. The van der Waals surface area contributed by atoms with Gasteiger partial charge < -0.3 is 24.0 Å². The molecule has 1 aliphatic heterocycles. The van der Waals surface area contributed by atoms with Crippen LogP contribution in [0, 0.1) is 0 Å². The zero-order valence-corrected chi connectivity index (χ0v) is 24.6. The largest absolute Gasteiger partial charge is 0.461 e. The minimum absolute atomic E-state index is 0.132. The molecule has 1 saturated heterocycles. The van der Waals surface area contributed by atoms with E-state index in [0.29, 0.717) is 12.3 Å². The second-order valence-corrected chi connectivity index (χ2v) is 10.5. The number of ether oxygens (including phenoxy) is 3. The number of carbonyl (C=O) groups excluding carboxylic acids is 1. The van der Waals surface area contributed by atoms with Crippen LogP contribution in [-0.4, -0.2) is 81.0 Å². The van der Waals surface area contributed by atoms with Gasteiger partial charge in [0.15, 0.2) is 11.3 Å². The van der Waals surface area contributed by atoms with E-state index in [4.69, 9.17) is 24.3 Å². The van der Waals surface area contributed by atoms with Crippen molar-refractivity contribution in [3.05, 3.63) is 66.0 Å². The van der Waals surface area contributed by atoms with Crippen molar-refractivity contribution in [2.24, 2.45) is 0 Å². The van der Waals surface area contributed by atoms with Crippen LogP contribution in [0.5, 0.6) is 0 Å². The average molecular weight is 558 g/mol. The van der Waals surface area contributed by atoms with Crippen molar-refractivity contribution in [1.82, 2.24) is 14.8 Å². The summed E-state index contributed by atoms with van der Waals surface area (Å²) in [7, 11) is 3.74. The molecule has 0 bridgehead atoms. The van der Waals surface area contributed by atoms with Crippen LogP contribution >= 0.6 is 0 Å². The number of hydrogen-bond acceptors (Lipinski definition) is 8. The Morgan fingerprint density at radius 3 is 2.51 bits per heavy atom. The summed E-state index contributed by atoms with van der Waals surface area (Å²) in [6.45, 7) is 10.9. The molecule has 4 aromatic rings. The molecule has 9 nitrogen and oxygen atoms in total. The number of anilines is 2. The number of rotatable bonds is 10. The van der Waals surface area contributed by atoms with Crippen LogP contribution < -0.4 is 9.80 Å². The first-order valence-electron chi connectivity index (χ1n) is 14.3. The molecule has 1 aliphatic rings. The topological polar surface area (TPSA) is 82.0 Å². The van der Waals surface area contributed by atoms with Crippen LogP contribution in [0.15, 0.2) is 54.6 Å². The minimum atomic E-state index is -0.451. The van der Waals surface area contributed by atoms with E-state index in [1.807, 2.05) is 29.9 Å².